The van der Waals surface area contributed by atoms with E-state index < -0.39 is 0 Å². The van der Waals surface area contributed by atoms with E-state index in [-0.39, 0.29) is 11.9 Å². The minimum Gasteiger partial charge on any atom is -0.370 e. The third kappa shape index (κ3) is 3.64. The quantitative estimate of drug-likeness (QED) is 0.427. The number of rotatable bonds is 3. The van der Waals surface area contributed by atoms with Crippen molar-refractivity contribution < 1.29 is 0 Å². The molecule has 0 amide bonds. The summed E-state index contributed by atoms with van der Waals surface area (Å²) in [6.45, 7) is 2.71. The highest BCUT2D eigenvalue weighted by molar-refractivity contribution is 5.91. The van der Waals surface area contributed by atoms with Gasteiger partial charge in [0.15, 0.2) is 5.96 Å². The summed E-state index contributed by atoms with van der Waals surface area (Å²) in [6.07, 6.45) is 2.82. The van der Waals surface area contributed by atoms with Crippen molar-refractivity contribution in [1.82, 2.24) is 9.88 Å². The number of likely N-dealkylation sites (N-methyl/N-ethyl adjacent to an activating group) is 1. The van der Waals surface area contributed by atoms with Crippen molar-refractivity contribution in [3.05, 3.63) is 23.5 Å². The van der Waals surface area contributed by atoms with Gasteiger partial charge in [0.05, 0.1) is 0 Å². The highest BCUT2D eigenvalue weighted by Gasteiger charge is 2.04. The normalized spacial score (nSPS) is 9.88. The van der Waals surface area contributed by atoms with Crippen LogP contribution in [0.4, 0.5) is 0 Å². The second-order valence-corrected chi connectivity index (χ2v) is 3.72. The highest BCUT2D eigenvalue weighted by atomic mass is 15.2. The molecule has 0 aliphatic heterocycles. The van der Waals surface area contributed by atoms with Crippen LogP contribution in [-0.4, -0.2) is 35.4 Å². The topological polar surface area (TPSA) is 107 Å². The van der Waals surface area contributed by atoms with Gasteiger partial charge in [0.2, 0.25) is 5.96 Å². The predicted octanol–water partition coefficient (Wildman–Crippen LogP) is 0.00559. The van der Waals surface area contributed by atoms with Gasteiger partial charge in [0, 0.05) is 25.5 Å². The molecule has 1 aromatic rings. The summed E-state index contributed by atoms with van der Waals surface area (Å²) in [7, 11) is 1.79. The number of hydrogen-bond donors (Lipinski definition) is 4. The van der Waals surface area contributed by atoms with E-state index in [2.05, 4.69) is 16.0 Å². The molecule has 0 aromatic carbocycles. The molecule has 0 radical (unpaired) electrons. The molecule has 16 heavy (non-hydrogen) atoms. The standard InChI is InChI=1S/C10H18N6/c1-7-5-8(6-14-7)3-4-16(2)10(13)15-9(11)12/h5-6,14H,3-4H2,1-2H3,(H5,11,12,13,15). The molecule has 6 nitrogen and oxygen atoms in total. The third-order valence-electron chi connectivity index (χ3n) is 2.22. The Morgan fingerprint density at radius 1 is 1.56 bits per heavy atom. The first-order chi connectivity index (χ1) is 7.49. The van der Waals surface area contributed by atoms with Crippen LogP contribution in [0.1, 0.15) is 11.3 Å². The summed E-state index contributed by atoms with van der Waals surface area (Å²) in [5.41, 5.74) is 12.7. The second-order valence-electron chi connectivity index (χ2n) is 3.72. The molecule has 0 aliphatic rings. The van der Waals surface area contributed by atoms with Gasteiger partial charge in [-0.05, 0) is 25.0 Å². The van der Waals surface area contributed by atoms with Crippen LogP contribution in [0, 0.1) is 12.3 Å². The number of nitrogens with zero attached hydrogens (tertiary/aromatic N) is 2. The van der Waals surface area contributed by atoms with Crippen LogP contribution in [-0.2, 0) is 6.42 Å². The fourth-order valence-electron chi connectivity index (χ4n) is 1.32. The van der Waals surface area contributed by atoms with Crippen LogP contribution in [0.25, 0.3) is 0 Å². The van der Waals surface area contributed by atoms with Crippen LogP contribution in [0.3, 0.4) is 0 Å². The molecule has 1 rings (SSSR count). The summed E-state index contributed by atoms with van der Waals surface area (Å²) in [5.74, 6) is -0.0124. The zero-order valence-corrected chi connectivity index (χ0v) is 9.62. The van der Waals surface area contributed by atoms with Gasteiger partial charge in [-0.25, -0.2) is 0 Å². The maximum absolute atomic E-state index is 7.57. The molecule has 0 aliphatic carbocycles. The zero-order chi connectivity index (χ0) is 12.1. The van der Waals surface area contributed by atoms with Gasteiger partial charge >= 0.3 is 0 Å². The molecule has 1 aromatic heterocycles. The van der Waals surface area contributed by atoms with Crippen LogP contribution in [0.2, 0.25) is 0 Å². The van der Waals surface area contributed by atoms with E-state index in [1.165, 1.54) is 5.56 Å². The number of guanidine groups is 2. The van der Waals surface area contributed by atoms with Gasteiger partial charge in [0.25, 0.3) is 0 Å². The van der Waals surface area contributed by atoms with Crippen LogP contribution in [0.15, 0.2) is 17.3 Å². The molecule has 0 atom stereocenters. The number of nitrogens with two attached hydrogens (primary N) is 2. The number of H-pyrrole nitrogens is 1. The van der Waals surface area contributed by atoms with Gasteiger partial charge in [-0.15, -0.1) is 0 Å². The maximum Gasteiger partial charge on any atom is 0.220 e. The Morgan fingerprint density at radius 2 is 2.25 bits per heavy atom. The number of nitrogens with one attached hydrogen (secondary N) is 2. The largest absolute Gasteiger partial charge is 0.370 e. The molecule has 0 unspecified atom stereocenters. The highest BCUT2D eigenvalue weighted by Crippen LogP contribution is 2.03. The van der Waals surface area contributed by atoms with E-state index in [0.29, 0.717) is 6.54 Å². The maximum atomic E-state index is 7.57. The Kier molecular flexibility index (Phi) is 3.93. The molecule has 1 heterocycles. The Morgan fingerprint density at radius 3 is 2.75 bits per heavy atom. The van der Waals surface area contributed by atoms with Crippen molar-refractivity contribution in [1.29, 1.82) is 5.41 Å². The lowest BCUT2D eigenvalue weighted by atomic mass is 10.2. The average Bonchev–Trinajstić information content (AvgIpc) is 2.59. The Labute approximate surface area is 94.9 Å². The van der Waals surface area contributed by atoms with Crippen molar-refractivity contribution in [2.24, 2.45) is 16.5 Å². The second kappa shape index (κ2) is 5.20. The minimum absolute atomic E-state index is 0.0762. The van der Waals surface area contributed by atoms with Crippen molar-refractivity contribution in [2.45, 2.75) is 13.3 Å². The Hall–Kier alpha value is -1.98. The van der Waals surface area contributed by atoms with Crippen LogP contribution >= 0.6 is 0 Å². The fraction of sp³-hybridized carbons (Fsp3) is 0.400. The molecule has 0 fully saturated rings. The summed E-state index contributed by atoms with van der Waals surface area (Å²) >= 11 is 0. The third-order valence-corrected chi connectivity index (χ3v) is 2.22. The smallest absolute Gasteiger partial charge is 0.220 e. The van der Waals surface area contributed by atoms with Crippen LogP contribution < -0.4 is 11.5 Å². The minimum atomic E-state index is -0.0886. The summed E-state index contributed by atoms with van der Waals surface area (Å²) in [6, 6.07) is 2.08. The molecular formula is C10H18N6. The molecule has 0 bridgehead atoms. The van der Waals surface area contributed by atoms with Crippen LogP contribution in [0.5, 0.6) is 0 Å². The van der Waals surface area contributed by atoms with Gasteiger partial charge in [-0.3, -0.25) is 5.41 Å². The lowest BCUT2D eigenvalue weighted by molar-refractivity contribution is 0.499. The van der Waals surface area contributed by atoms with E-state index in [9.17, 15) is 0 Å². The lowest BCUT2D eigenvalue weighted by Gasteiger charge is -2.16. The molecule has 0 saturated carbocycles. The van der Waals surface area contributed by atoms with Gasteiger partial charge in [0.1, 0.15) is 0 Å². The zero-order valence-electron chi connectivity index (χ0n) is 9.62. The Bertz CT molecular complexity index is 388. The molecule has 6 N–H and O–H groups in total. The molecule has 0 saturated heterocycles. The van der Waals surface area contributed by atoms with Gasteiger partial charge in [-0.2, -0.15) is 4.99 Å². The number of aryl methyl sites for hydroxylation is 1. The predicted molar refractivity (Wildman–Crippen MR) is 65.4 cm³/mol. The molecule has 0 spiro atoms. The number of aliphatic imine (C=N–C) groups is 1. The van der Waals surface area contributed by atoms with E-state index in [4.69, 9.17) is 16.9 Å². The fourth-order valence-corrected chi connectivity index (χ4v) is 1.32. The summed E-state index contributed by atoms with van der Waals surface area (Å²) in [4.78, 5) is 8.48. The number of aromatic amines is 1. The van der Waals surface area contributed by atoms with E-state index in [1.54, 1.807) is 11.9 Å². The van der Waals surface area contributed by atoms with E-state index >= 15 is 0 Å². The summed E-state index contributed by atoms with van der Waals surface area (Å²) in [5, 5.41) is 7.57. The van der Waals surface area contributed by atoms with Crippen molar-refractivity contribution in [2.75, 3.05) is 13.6 Å². The van der Waals surface area contributed by atoms with Gasteiger partial charge < -0.3 is 21.4 Å². The first-order valence-electron chi connectivity index (χ1n) is 5.02. The van der Waals surface area contributed by atoms with E-state index in [0.717, 1.165) is 12.1 Å². The van der Waals surface area contributed by atoms with E-state index in [1.807, 2.05) is 13.1 Å². The SMILES string of the molecule is Cc1cc(CCN(C)C(=N)N=C(N)N)c[nH]1. The first-order valence-corrected chi connectivity index (χ1v) is 5.02. The number of aromatic nitrogens is 1. The molecular weight excluding hydrogens is 204 g/mol. The Balaban J connectivity index is 2.44. The van der Waals surface area contributed by atoms with Gasteiger partial charge in [-0.1, -0.05) is 0 Å². The lowest BCUT2D eigenvalue weighted by Crippen LogP contribution is -2.31. The average molecular weight is 222 g/mol. The number of hydrogen-bond acceptors (Lipinski definition) is 1. The monoisotopic (exact) mass is 222 g/mol. The summed E-state index contributed by atoms with van der Waals surface area (Å²) < 4.78 is 0. The van der Waals surface area contributed by atoms with Crippen molar-refractivity contribution >= 4 is 11.9 Å². The first kappa shape index (κ1) is 12.1. The molecule has 6 heteroatoms. The molecule has 88 valence electrons. The van der Waals surface area contributed by atoms with Crippen molar-refractivity contribution in [3.63, 3.8) is 0 Å². The van der Waals surface area contributed by atoms with Crippen molar-refractivity contribution in [3.8, 4) is 0 Å².